The smallest absolute Gasteiger partial charge is 0.271 e. The minimum Gasteiger partial charge on any atom is -0.493 e. The highest BCUT2D eigenvalue weighted by molar-refractivity contribution is 5.97. The molecule has 0 saturated heterocycles. The Morgan fingerprint density at radius 3 is 2.67 bits per heavy atom. The summed E-state index contributed by atoms with van der Waals surface area (Å²) in [7, 11) is 3.12. The largest absolute Gasteiger partial charge is 0.493 e. The van der Waals surface area contributed by atoms with Crippen LogP contribution in [0.1, 0.15) is 36.0 Å². The van der Waals surface area contributed by atoms with E-state index in [0.29, 0.717) is 23.0 Å². The van der Waals surface area contributed by atoms with Crippen molar-refractivity contribution < 1.29 is 14.3 Å². The van der Waals surface area contributed by atoms with Gasteiger partial charge in [-0.1, -0.05) is 0 Å². The number of fused-ring (bicyclic) bond motifs is 2. The SMILES string of the molecule is COc1ccc(C(=O)N/N=C2/C[C@@H]3CC[C@H]2C3)cc1OC. The molecule has 2 saturated carbocycles. The van der Waals surface area contributed by atoms with Crippen LogP contribution in [0.4, 0.5) is 0 Å². The zero-order valence-electron chi connectivity index (χ0n) is 12.4. The van der Waals surface area contributed by atoms with E-state index in [4.69, 9.17) is 9.47 Å². The average Bonchev–Trinajstić information content (AvgIpc) is 3.14. The molecular formula is C16H20N2O3. The molecule has 0 unspecified atom stereocenters. The predicted octanol–water partition coefficient (Wildman–Crippen LogP) is 2.61. The first-order valence-corrected chi connectivity index (χ1v) is 7.30. The molecular weight excluding hydrogens is 268 g/mol. The number of amides is 1. The van der Waals surface area contributed by atoms with Crippen molar-refractivity contribution in [2.75, 3.05) is 14.2 Å². The third-order valence-electron chi connectivity index (χ3n) is 4.46. The van der Waals surface area contributed by atoms with Crippen molar-refractivity contribution in [3.8, 4) is 11.5 Å². The van der Waals surface area contributed by atoms with E-state index in [-0.39, 0.29) is 5.91 Å². The molecule has 0 aliphatic heterocycles. The van der Waals surface area contributed by atoms with Gasteiger partial charge in [0.1, 0.15) is 0 Å². The Kier molecular flexibility index (Phi) is 3.82. The van der Waals surface area contributed by atoms with Gasteiger partial charge in [-0.05, 0) is 55.7 Å². The zero-order valence-corrected chi connectivity index (χ0v) is 12.4. The molecule has 2 aliphatic rings. The first kappa shape index (κ1) is 13.9. The number of nitrogens with one attached hydrogen (secondary N) is 1. The van der Waals surface area contributed by atoms with Gasteiger partial charge in [0.15, 0.2) is 11.5 Å². The van der Waals surface area contributed by atoms with Crippen LogP contribution in [0.5, 0.6) is 11.5 Å². The Morgan fingerprint density at radius 1 is 1.24 bits per heavy atom. The van der Waals surface area contributed by atoms with E-state index >= 15 is 0 Å². The molecule has 112 valence electrons. The molecule has 1 N–H and O–H groups in total. The van der Waals surface area contributed by atoms with E-state index in [1.165, 1.54) is 19.3 Å². The summed E-state index contributed by atoms with van der Waals surface area (Å²) in [6.45, 7) is 0. The molecule has 5 heteroatoms. The third kappa shape index (κ3) is 2.73. The number of hydrogen-bond acceptors (Lipinski definition) is 4. The molecule has 0 spiro atoms. The van der Waals surface area contributed by atoms with E-state index in [2.05, 4.69) is 10.5 Å². The van der Waals surface area contributed by atoms with Crippen LogP contribution in [0.15, 0.2) is 23.3 Å². The molecule has 21 heavy (non-hydrogen) atoms. The van der Waals surface area contributed by atoms with Gasteiger partial charge in [0.2, 0.25) is 0 Å². The molecule has 1 aromatic carbocycles. The molecule has 1 amide bonds. The lowest BCUT2D eigenvalue weighted by Gasteiger charge is -2.12. The van der Waals surface area contributed by atoms with Crippen molar-refractivity contribution in [1.82, 2.24) is 5.43 Å². The number of benzene rings is 1. The highest BCUT2D eigenvalue weighted by Crippen LogP contribution is 2.42. The molecule has 2 atom stereocenters. The maximum Gasteiger partial charge on any atom is 0.271 e. The molecule has 0 radical (unpaired) electrons. The number of rotatable bonds is 4. The fraction of sp³-hybridized carbons (Fsp3) is 0.500. The van der Waals surface area contributed by atoms with E-state index in [1.54, 1.807) is 32.4 Å². The molecule has 2 bridgehead atoms. The fourth-order valence-corrected chi connectivity index (χ4v) is 3.33. The third-order valence-corrected chi connectivity index (χ3v) is 4.46. The Hall–Kier alpha value is -2.04. The zero-order chi connectivity index (χ0) is 14.8. The van der Waals surface area contributed by atoms with Crippen molar-refractivity contribution in [3.05, 3.63) is 23.8 Å². The van der Waals surface area contributed by atoms with Gasteiger partial charge >= 0.3 is 0 Å². The molecule has 1 aromatic rings. The van der Waals surface area contributed by atoms with Gasteiger partial charge in [0.05, 0.1) is 14.2 Å². The van der Waals surface area contributed by atoms with Gasteiger partial charge in [-0.25, -0.2) is 5.43 Å². The monoisotopic (exact) mass is 288 g/mol. The normalized spacial score (nSPS) is 25.1. The number of nitrogens with zero attached hydrogens (tertiary/aromatic N) is 1. The first-order valence-electron chi connectivity index (χ1n) is 7.30. The summed E-state index contributed by atoms with van der Waals surface area (Å²) in [6, 6.07) is 5.09. The second-order valence-corrected chi connectivity index (χ2v) is 5.69. The second kappa shape index (κ2) is 5.76. The van der Waals surface area contributed by atoms with Gasteiger partial charge < -0.3 is 9.47 Å². The van der Waals surface area contributed by atoms with Crippen LogP contribution in [0.25, 0.3) is 0 Å². The highest BCUT2D eigenvalue weighted by Gasteiger charge is 2.36. The molecule has 2 fully saturated rings. The number of carbonyl (C=O) groups is 1. The highest BCUT2D eigenvalue weighted by atomic mass is 16.5. The Balaban J connectivity index is 1.69. The summed E-state index contributed by atoms with van der Waals surface area (Å²) < 4.78 is 10.4. The minimum absolute atomic E-state index is 0.216. The van der Waals surface area contributed by atoms with Crippen molar-refractivity contribution in [3.63, 3.8) is 0 Å². The lowest BCUT2D eigenvalue weighted by Crippen LogP contribution is -2.22. The van der Waals surface area contributed by atoms with Crippen LogP contribution in [0.2, 0.25) is 0 Å². The van der Waals surface area contributed by atoms with E-state index in [9.17, 15) is 4.79 Å². The van der Waals surface area contributed by atoms with Gasteiger partial charge in [0.25, 0.3) is 5.91 Å². The van der Waals surface area contributed by atoms with Crippen LogP contribution >= 0.6 is 0 Å². The average molecular weight is 288 g/mol. The maximum atomic E-state index is 12.2. The fourth-order valence-electron chi connectivity index (χ4n) is 3.33. The van der Waals surface area contributed by atoms with Crippen LogP contribution in [0, 0.1) is 11.8 Å². The lowest BCUT2D eigenvalue weighted by atomic mass is 9.99. The van der Waals surface area contributed by atoms with Crippen molar-refractivity contribution in [2.24, 2.45) is 16.9 Å². The van der Waals surface area contributed by atoms with Crippen molar-refractivity contribution >= 4 is 11.6 Å². The van der Waals surface area contributed by atoms with Gasteiger partial charge in [-0.15, -0.1) is 0 Å². The number of carbonyl (C=O) groups excluding carboxylic acids is 1. The van der Waals surface area contributed by atoms with E-state index in [1.807, 2.05) is 0 Å². The quantitative estimate of drug-likeness (QED) is 0.866. The predicted molar refractivity (Wildman–Crippen MR) is 79.9 cm³/mol. The number of hydrogen-bond donors (Lipinski definition) is 1. The van der Waals surface area contributed by atoms with E-state index in [0.717, 1.165) is 18.1 Å². The molecule has 0 heterocycles. The summed E-state index contributed by atoms with van der Waals surface area (Å²) in [4.78, 5) is 12.2. The Morgan fingerprint density at radius 2 is 2.05 bits per heavy atom. The lowest BCUT2D eigenvalue weighted by molar-refractivity contribution is 0.0954. The maximum absolute atomic E-state index is 12.2. The van der Waals surface area contributed by atoms with Gasteiger partial charge in [-0.2, -0.15) is 5.10 Å². The van der Waals surface area contributed by atoms with Crippen LogP contribution in [-0.2, 0) is 0 Å². The van der Waals surface area contributed by atoms with Gasteiger partial charge in [-0.3, -0.25) is 4.79 Å². The second-order valence-electron chi connectivity index (χ2n) is 5.69. The Labute approximate surface area is 124 Å². The first-order chi connectivity index (χ1) is 10.2. The van der Waals surface area contributed by atoms with Crippen LogP contribution in [-0.4, -0.2) is 25.8 Å². The summed E-state index contributed by atoms with van der Waals surface area (Å²) in [5.41, 5.74) is 4.33. The molecule has 5 nitrogen and oxygen atoms in total. The van der Waals surface area contributed by atoms with Crippen LogP contribution in [0.3, 0.4) is 0 Å². The number of methoxy groups -OCH3 is 2. The van der Waals surface area contributed by atoms with Crippen molar-refractivity contribution in [2.45, 2.75) is 25.7 Å². The summed E-state index contributed by atoms with van der Waals surface area (Å²) in [5, 5.41) is 4.33. The Bertz CT molecular complexity index is 583. The molecule has 2 aliphatic carbocycles. The standard InChI is InChI=1S/C16H20N2O3/c1-20-14-6-5-12(9-15(14)21-2)16(19)18-17-13-8-10-3-4-11(13)7-10/h5-6,9-11H,3-4,7-8H2,1-2H3,(H,18,19)/b17-13-/t10-,11+/m1/s1. The molecule has 0 aromatic heterocycles. The van der Waals surface area contributed by atoms with Gasteiger partial charge in [0, 0.05) is 11.3 Å². The summed E-state index contributed by atoms with van der Waals surface area (Å²) in [6.07, 6.45) is 4.81. The number of ether oxygens (including phenoxy) is 2. The molecule has 3 rings (SSSR count). The summed E-state index contributed by atoms with van der Waals surface area (Å²) in [5.74, 6) is 2.30. The van der Waals surface area contributed by atoms with Crippen molar-refractivity contribution in [1.29, 1.82) is 0 Å². The minimum atomic E-state index is -0.216. The topological polar surface area (TPSA) is 59.9 Å². The number of hydrazone groups is 1. The van der Waals surface area contributed by atoms with Crippen LogP contribution < -0.4 is 14.9 Å². The van der Waals surface area contributed by atoms with E-state index < -0.39 is 0 Å². The summed E-state index contributed by atoms with van der Waals surface area (Å²) >= 11 is 0.